The molecule has 0 bridgehead atoms. The van der Waals surface area contributed by atoms with Crippen LogP contribution >= 0.6 is 0 Å². The molecule has 0 amide bonds. The molecule has 1 aromatic rings. The van der Waals surface area contributed by atoms with Crippen LogP contribution in [0, 0.1) is 0 Å². The summed E-state index contributed by atoms with van der Waals surface area (Å²) in [4.78, 5) is 0. The Morgan fingerprint density at radius 3 is 3.00 bits per heavy atom. The van der Waals surface area contributed by atoms with E-state index in [2.05, 4.69) is 0 Å². The SMILES string of the molecule is OC/C=C/c1cccc2c1OCCO2. The first-order valence-corrected chi connectivity index (χ1v) is 4.58. The number of benzene rings is 1. The van der Waals surface area contributed by atoms with Gasteiger partial charge in [0.1, 0.15) is 13.2 Å². The lowest BCUT2D eigenvalue weighted by molar-refractivity contribution is 0.171. The second-order valence-electron chi connectivity index (χ2n) is 2.96. The normalized spacial score (nSPS) is 14.6. The molecule has 14 heavy (non-hydrogen) atoms. The zero-order valence-corrected chi connectivity index (χ0v) is 7.77. The van der Waals surface area contributed by atoms with Gasteiger partial charge in [-0.1, -0.05) is 24.3 Å². The maximum Gasteiger partial charge on any atom is 0.168 e. The molecule has 1 aromatic carbocycles. The van der Waals surface area contributed by atoms with Crippen LogP contribution in [0.5, 0.6) is 11.5 Å². The Kier molecular flexibility index (Phi) is 2.70. The van der Waals surface area contributed by atoms with E-state index >= 15 is 0 Å². The van der Waals surface area contributed by atoms with Crippen molar-refractivity contribution in [1.29, 1.82) is 0 Å². The largest absolute Gasteiger partial charge is 0.486 e. The third-order valence-electron chi connectivity index (χ3n) is 2.00. The smallest absolute Gasteiger partial charge is 0.168 e. The van der Waals surface area contributed by atoms with E-state index in [-0.39, 0.29) is 6.61 Å². The van der Waals surface area contributed by atoms with Crippen molar-refractivity contribution in [3.63, 3.8) is 0 Å². The molecule has 0 saturated carbocycles. The molecule has 0 aromatic heterocycles. The summed E-state index contributed by atoms with van der Waals surface area (Å²) in [5.41, 5.74) is 0.941. The fraction of sp³-hybridized carbons (Fsp3) is 0.273. The molecule has 0 unspecified atom stereocenters. The second kappa shape index (κ2) is 4.15. The maximum atomic E-state index is 8.67. The van der Waals surface area contributed by atoms with E-state index in [0.717, 1.165) is 17.1 Å². The zero-order chi connectivity index (χ0) is 9.80. The van der Waals surface area contributed by atoms with E-state index in [9.17, 15) is 0 Å². The second-order valence-corrected chi connectivity index (χ2v) is 2.96. The predicted octanol–water partition coefficient (Wildman–Crippen LogP) is 1.46. The zero-order valence-electron chi connectivity index (χ0n) is 7.77. The lowest BCUT2D eigenvalue weighted by atomic mass is 10.1. The fourth-order valence-electron chi connectivity index (χ4n) is 1.41. The summed E-state index contributed by atoms with van der Waals surface area (Å²) in [5.74, 6) is 1.54. The summed E-state index contributed by atoms with van der Waals surface area (Å²) in [6.45, 7) is 1.21. The molecule has 1 N–H and O–H groups in total. The molecule has 74 valence electrons. The molecule has 1 aliphatic heterocycles. The van der Waals surface area contributed by atoms with E-state index in [0.29, 0.717) is 13.2 Å². The molecular formula is C11H12O3. The lowest BCUT2D eigenvalue weighted by Crippen LogP contribution is -2.15. The van der Waals surface area contributed by atoms with Gasteiger partial charge in [-0.05, 0) is 6.07 Å². The van der Waals surface area contributed by atoms with Crippen LogP contribution in [0.4, 0.5) is 0 Å². The molecule has 0 fully saturated rings. The van der Waals surface area contributed by atoms with E-state index < -0.39 is 0 Å². The highest BCUT2D eigenvalue weighted by Crippen LogP contribution is 2.34. The Morgan fingerprint density at radius 1 is 1.29 bits per heavy atom. The molecule has 0 spiro atoms. The number of hydrogen-bond donors (Lipinski definition) is 1. The Balaban J connectivity index is 2.35. The summed E-state index contributed by atoms with van der Waals surface area (Å²) < 4.78 is 10.9. The van der Waals surface area contributed by atoms with E-state index in [1.807, 2.05) is 24.3 Å². The number of aliphatic hydroxyl groups excluding tert-OH is 1. The van der Waals surface area contributed by atoms with Crippen molar-refractivity contribution in [3.05, 3.63) is 29.8 Å². The number of para-hydroxylation sites is 1. The van der Waals surface area contributed by atoms with Crippen LogP contribution in [0.3, 0.4) is 0 Å². The highest BCUT2D eigenvalue weighted by molar-refractivity contribution is 5.62. The van der Waals surface area contributed by atoms with Gasteiger partial charge in [0.15, 0.2) is 11.5 Å². The Morgan fingerprint density at radius 2 is 2.14 bits per heavy atom. The van der Waals surface area contributed by atoms with Crippen LogP contribution in [0.2, 0.25) is 0 Å². The molecule has 0 atom stereocenters. The Bertz CT molecular complexity index is 344. The first-order chi connectivity index (χ1) is 6.92. The van der Waals surface area contributed by atoms with Crippen LogP contribution in [0.25, 0.3) is 6.08 Å². The van der Waals surface area contributed by atoms with E-state index in [1.54, 1.807) is 6.08 Å². The van der Waals surface area contributed by atoms with Gasteiger partial charge in [-0.2, -0.15) is 0 Å². The predicted molar refractivity (Wildman–Crippen MR) is 53.6 cm³/mol. The van der Waals surface area contributed by atoms with Crippen LogP contribution < -0.4 is 9.47 Å². The number of fused-ring (bicyclic) bond motifs is 1. The summed E-state index contributed by atoms with van der Waals surface area (Å²) in [6, 6.07) is 5.72. The summed E-state index contributed by atoms with van der Waals surface area (Å²) in [7, 11) is 0. The third kappa shape index (κ3) is 1.72. The van der Waals surface area contributed by atoms with Crippen molar-refractivity contribution >= 4 is 6.08 Å². The molecule has 0 aliphatic carbocycles. The standard InChI is InChI=1S/C11H12O3/c12-6-2-4-9-3-1-5-10-11(9)14-8-7-13-10/h1-5,12H,6-8H2/b4-2+. The van der Waals surface area contributed by atoms with Crippen LogP contribution in [-0.2, 0) is 0 Å². The molecule has 2 rings (SSSR count). The van der Waals surface area contributed by atoms with E-state index in [1.165, 1.54) is 0 Å². The van der Waals surface area contributed by atoms with Gasteiger partial charge in [0, 0.05) is 5.56 Å². The van der Waals surface area contributed by atoms with Crippen molar-refractivity contribution < 1.29 is 14.6 Å². The van der Waals surface area contributed by atoms with Gasteiger partial charge in [0.05, 0.1) is 6.61 Å². The monoisotopic (exact) mass is 192 g/mol. The molecule has 0 radical (unpaired) electrons. The minimum atomic E-state index is 0.0323. The highest BCUT2D eigenvalue weighted by atomic mass is 16.6. The van der Waals surface area contributed by atoms with Gasteiger partial charge in [-0.15, -0.1) is 0 Å². The Labute approximate surface area is 82.6 Å². The van der Waals surface area contributed by atoms with Crippen LogP contribution in [0.1, 0.15) is 5.56 Å². The van der Waals surface area contributed by atoms with Gasteiger partial charge in [0.25, 0.3) is 0 Å². The maximum absolute atomic E-state index is 8.67. The topological polar surface area (TPSA) is 38.7 Å². The summed E-state index contributed by atoms with van der Waals surface area (Å²) in [6.07, 6.45) is 3.50. The molecule has 3 heteroatoms. The van der Waals surface area contributed by atoms with E-state index in [4.69, 9.17) is 14.6 Å². The third-order valence-corrected chi connectivity index (χ3v) is 2.00. The van der Waals surface area contributed by atoms with Gasteiger partial charge in [-0.3, -0.25) is 0 Å². The molecule has 1 heterocycles. The van der Waals surface area contributed by atoms with Gasteiger partial charge in [-0.25, -0.2) is 0 Å². The number of rotatable bonds is 2. The lowest BCUT2D eigenvalue weighted by Gasteiger charge is -2.19. The number of hydrogen-bond acceptors (Lipinski definition) is 3. The quantitative estimate of drug-likeness (QED) is 0.771. The molecule has 1 aliphatic rings. The molecule has 3 nitrogen and oxygen atoms in total. The van der Waals surface area contributed by atoms with Gasteiger partial charge >= 0.3 is 0 Å². The van der Waals surface area contributed by atoms with Crippen molar-refractivity contribution in [3.8, 4) is 11.5 Å². The van der Waals surface area contributed by atoms with Crippen molar-refractivity contribution in [2.75, 3.05) is 19.8 Å². The number of aliphatic hydroxyl groups is 1. The van der Waals surface area contributed by atoms with Crippen molar-refractivity contribution in [1.82, 2.24) is 0 Å². The van der Waals surface area contributed by atoms with Crippen LogP contribution in [-0.4, -0.2) is 24.9 Å². The number of ether oxygens (including phenoxy) is 2. The fourth-order valence-corrected chi connectivity index (χ4v) is 1.41. The summed E-state index contributed by atoms with van der Waals surface area (Å²) in [5, 5.41) is 8.67. The van der Waals surface area contributed by atoms with Crippen LogP contribution in [0.15, 0.2) is 24.3 Å². The minimum Gasteiger partial charge on any atom is -0.486 e. The van der Waals surface area contributed by atoms with Gasteiger partial charge in [0.2, 0.25) is 0 Å². The Hall–Kier alpha value is -1.48. The summed E-state index contributed by atoms with van der Waals surface area (Å²) >= 11 is 0. The average Bonchev–Trinajstić information content (AvgIpc) is 2.26. The first-order valence-electron chi connectivity index (χ1n) is 4.58. The minimum absolute atomic E-state index is 0.0323. The first kappa shape index (κ1) is 9.09. The average molecular weight is 192 g/mol. The molecule has 0 saturated heterocycles. The molecular weight excluding hydrogens is 180 g/mol. The highest BCUT2D eigenvalue weighted by Gasteiger charge is 2.13. The van der Waals surface area contributed by atoms with Gasteiger partial charge < -0.3 is 14.6 Å². The van der Waals surface area contributed by atoms with Crippen molar-refractivity contribution in [2.24, 2.45) is 0 Å². The van der Waals surface area contributed by atoms with Crippen molar-refractivity contribution in [2.45, 2.75) is 0 Å².